The molecule has 1 aliphatic rings. The Balaban J connectivity index is 0.000000161. The maximum Gasteiger partial charge on any atom is 0.207 e. The van der Waals surface area contributed by atoms with Crippen molar-refractivity contribution in [3.8, 4) is 11.1 Å². The lowest BCUT2D eigenvalue weighted by molar-refractivity contribution is 0.595. The van der Waals surface area contributed by atoms with Crippen LogP contribution in [0.1, 0.15) is 5.56 Å². The van der Waals surface area contributed by atoms with E-state index in [-0.39, 0.29) is 9.79 Å². The Hall–Kier alpha value is -3.82. The minimum atomic E-state index is -3.48. The molecule has 5 rings (SSSR count). The SMILES string of the molecule is Cc1ccc2c(c1)-c1cc(N)ccc1S2(=O)=O.Nc1ccc(S(=O)(=O)c2ccc(N)cc2)cc1. The summed E-state index contributed by atoms with van der Waals surface area (Å²) in [5, 5.41) is 0. The third-order valence-corrected chi connectivity index (χ3v) is 9.04. The van der Waals surface area contributed by atoms with Gasteiger partial charge < -0.3 is 17.2 Å². The van der Waals surface area contributed by atoms with Crippen LogP contribution in [0.15, 0.2) is 105 Å². The van der Waals surface area contributed by atoms with Gasteiger partial charge in [0, 0.05) is 28.2 Å². The molecule has 0 unspecified atom stereocenters. The average molecular weight is 494 g/mol. The number of benzene rings is 4. The molecule has 4 aromatic carbocycles. The molecule has 0 bridgehead atoms. The molecular formula is C25H23N3O4S2. The molecule has 0 saturated carbocycles. The van der Waals surface area contributed by atoms with Crippen LogP contribution >= 0.6 is 0 Å². The van der Waals surface area contributed by atoms with Crippen molar-refractivity contribution >= 4 is 36.7 Å². The predicted molar refractivity (Wildman–Crippen MR) is 134 cm³/mol. The lowest BCUT2D eigenvalue weighted by Gasteiger charge is -2.05. The summed E-state index contributed by atoms with van der Waals surface area (Å²) in [5.41, 5.74) is 20.9. The molecule has 0 radical (unpaired) electrons. The number of sulfone groups is 2. The van der Waals surface area contributed by atoms with Crippen molar-refractivity contribution in [3.05, 3.63) is 90.5 Å². The van der Waals surface area contributed by atoms with Crippen molar-refractivity contribution in [3.63, 3.8) is 0 Å². The van der Waals surface area contributed by atoms with Crippen LogP contribution in [0, 0.1) is 6.92 Å². The number of nitrogen functional groups attached to an aromatic ring is 3. The first kappa shape index (κ1) is 23.3. The van der Waals surface area contributed by atoms with Crippen molar-refractivity contribution in [2.75, 3.05) is 17.2 Å². The fourth-order valence-corrected chi connectivity index (χ4v) is 6.54. The van der Waals surface area contributed by atoms with Crippen molar-refractivity contribution in [1.29, 1.82) is 0 Å². The van der Waals surface area contributed by atoms with Gasteiger partial charge in [0.2, 0.25) is 19.7 Å². The average Bonchev–Trinajstić information content (AvgIpc) is 3.00. The molecule has 0 fully saturated rings. The van der Waals surface area contributed by atoms with Crippen LogP contribution < -0.4 is 17.2 Å². The van der Waals surface area contributed by atoms with E-state index in [0.29, 0.717) is 32.4 Å². The van der Waals surface area contributed by atoms with E-state index in [1.54, 1.807) is 48.5 Å². The van der Waals surface area contributed by atoms with Gasteiger partial charge in [-0.15, -0.1) is 0 Å². The molecule has 0 spiro atoms. The molecule has 0 atom stereocenters. The zero-order chi connectivity index (χ0) is 24.7. The first-order chi connectivity index (χ1) is 16.0. The van der Waals surface area contributed by atoms with Crippen LogP contribution in [-0.4, -0.2) is 16.8 Å². The fraction of sp³-hybridized carbons (Fsp3) is 0.0400. The van der Waals surface area contributed by atoms with Crippen LogP contribution in [0.5, 0.6) is 0 Å². The molecule has 0 aromatic heterocycles. The highest BCUT2D eigenvalue weighted by atomic mass is 32.2. The van der Waals surface area contributed by atoms with E-state index in [0.717, 1.165) is 11.1 Å². The Labute approximate surface area is 198 Å². The molecule has 0 amide bonds. The summed E-state index contributed by atoms with van der Waals surface area (Å²) in [4.78, 5) is 1.17. The summed E-state index contributed by atoms with van der Waals surface area (Å²) in [6.07, 6.45) is 0. The number of anilines is 3. The third-order valence-electron chi connectivity index (χ3n) is 5.39. The first-order valence-electron chi connectivity index (χ1n) is 10.2. The molecule has 1 heterocycles. The molecule has 7 nitrogen and oxygen atoms in total. The van der Waals surface area contributed by atoms with Gasteiger partial charge in [0.05, 0.1) is 19.6 Å². The fourth-order valence-electron chi connectivity index (χ4n) is 3.63. The smallest absolute Gasteiger partial charge is 0.207 e. The Bertz CT molecular complexity index is 1470. The Morgan fingerprint density at radius 3 is 1.50 bits per heavy atom. The van der Waals surface area contributed by atoms with E-state index in [1.807, 2.05) is 19.1 Å². The van der Waals surface area contributed by atoms with Crippen molar-refractivity contribution in [2.45, 2.75) is 26.5 Å². The van der Waals surface area contributed by atoms with E-state index in [9.17, 15) is 16.8 Å². The van der Waals surface area contributed by atoms with Gasteiger partial charge in [0.25, 0.3) is 0 Å². The maximum absolute atomic E-state index is 12.3. The molecule has 0 saturated heterocycles. The second-order valence-corrected chi connectivity index (χ2v) is 11.7. The quantitative estimate of drug-likeness (QED) is 0.314. The molecule has 6 N–H and O–H groups in total. The van der Waals surface area contributed by atoms with Crippen molar-refractivity contribution in [1.82, 2.24) is 0 Å². The topological polar surface area (TPSA) is 146 Å². The number of hydrogen-bond donors (Lipinski definition) is 3. The first-order valence-corrected chi connectivity index (χ1v) is 13.2. The lowest BCUT2D eigenvalue weighted by atomic mass is 10.0. The number of hydrogen-bond acceptors (Lipinski definition) is 7. The highest BCUT2D eigenvalue weighted by molar-refractivity contribution is 7.92. The van der Waals surface area contributed by atoms with Crippen LogP contribution in [0.3, 0.4) is 0 Å². The van der Waals surface area contributed by atoms with Gasteiger partial charge in [-0.3, -0.25) is 0 Å². The van der Waals surface area contributed by atoms with Crippen molar-refractivity contribution < 1.29 is 16.8 Å². The Morgan fingerprint density at radius 2 is 1.00 bits per heavy atom. The molecule has 34 heavy (non-hydrogen) atoms. The summed E-state index contributed by atoms with van der Waals surface area (Å²) < 4.78 is 48.9. The Morgan fingerprint density at radius 1 is 0.588 bits per heavy atom. The second-order valence-electron chi connectivity index (χ2n) is 7.90. The van der Waals surface area contributed by atoms with E-state index >= 15 is 0 Å². The molecule has 1 aliphatic heterocycles. The number of fused-ring (bicyclic) bond motifs is 3. The van der Waals surface area contributed by atoms with Gasteiger partial charge in [0.1, 0.15) is 0 Å². The van der Waals surface area contributed by atoms with Gasteiger partial charge in [-0.05, 0) is 79.7 Å². The van der Waals surface area contributed by atoms with Gasteiger partial charge >= 0.3 is 0 Å². The van der Waals surface area contributed by atoms with Crippen LogP contribution in [0.2, 0.25) is 0 Å². The van der Waals surface area contributed by atoms with E-state index in [4.69, 9.17) is 17.2 Å². The monoisotopic (exact) mass is 493 g/mol. The summed E-state index contributed by atoms with van der Waals surface area (Å²) >= 11 is 0. The number of aryl methyl sites for hydroxylation is 1. The molecule has 9 heteroatoms. The van der Waals surface area contributed by atoms with Crippen molar-refractivity contribution in [2.24, 2.45) is 0 Å². The van der Waals surface area contributed by atoms with Crippen LogP contribution in [0.25, 0.3) is 11.1 Å². The zero-order valence-electron chi connectivity index (χ0n) is 18.3. The molecule has 0 aliphatic carbocycles. The molecule has 4 aromatic rings. The minimum absolute atomic E-state index is 0.219. The predicted octanol–water partition coefficient (Wildman–Crippen LogP) is 4.07. The number of nitrogens with two attached hydrogens (primary N) is 3. The lowest BCUT2D eigenvalue weighted by Crippen LogP contribution is -2.02. The van der Waals surface area contributed by atoms with Gasteiger partial charge in [0.15, 0.2) is 0 Å². The maximum atomic E-state index is 12.3. The minimum Gasteiger partial charge on any atom is -0.399 e. The third kappa shape index (κ3) is 4.23. The van der Waals surface area contributed by atoms with E-state index in [2.05, 4.69) is 0 Å². The number of rotatable bonds is 2. The zero-order valence-corrected chi connectivity index (χ0v) is 19.9. The summed E-state index contributed by atoms with van der Waals surface area (Å²) in [6.45, 7) is 1.94. The normalized spacial score (nSPS) is 13.3. The molecule has 174 valence electrons. The molecular weight excluding hydrogens is 470 g/mol. The highest BCUT2D eigenvalue weighted by Gasteiger charge is 2.32. The van der Waals surface area contributed by atoms with E-state index < -0.39 is 19.7 Å². The van der Waals surface area contributed by atoms with Gasteiger partial charge in [-0.2, -0.15) is 0 Å². The van der Waals surface area contributed by atoms with Crippen LogP contribution in [0.4, 0.5) is 17.1 Å². The Kier molecular flexibility index (Phi) is 5.84. The van der Waals surface area contributed by atoms with E-state index in [1.165, 1.54) is 24.3 Å². The summed E-state index contributed by atoms with van der Waals surface area (Å²) in [5.74, 6) is 0. The standard InChI is InChI=1S/C13H11NO2S.C12H12N2O2S/c1-8-2-4-12-10(6-8)11-7-9(14)3-5-13(11)17(12,15)16;13-9-1-5-11(6-2-9)17(15,16)12-7-3-10(14)4-8-12/h2-7H,14H2,1H3;1-8H,13-14H2. The highest BCUT2D eigenvalue weighted by Crippen LogP contribution is 2.44. The van der Waals surface area contributed by atoms with Gasteiger partial charge in [-0.25, -0.2) is 16.8 Å². The summed E-state index contributed by atoms with van der Waals surface area (Å²) in [7, 11) is -6.84. The largest absolute Gasteiger partial charge is 0.399 e. The van der Waals surface area contributed by atoms with Gasteiger partial charge in [-0.1, -0.05) is 17.7 Å². The second kappa shape index (κ2) is 8.51. The van der Waals surface area contributed by atoms with Crippen LogP contribution in [-0.2, 0) is 19.7 Å². The summed E-state index contributed by atoms with van der Waals surface area (Å²) in [6, 6.07) is 22.5.